The fraction of sp³-hybridized carbons (Fsp3) is 0.174. The van der Waals surface area contributed by atoms with Crippen molar-refractivity contribution < 1.29 is 19.0 Å². The van der Waals surface area contributed by atoms with Crippen molar-refractivity contribution in [1.82, 2.24) is 0 Å². The molecule has 3 N–H and O–H groups in total. The number of hydrogen-bond donors (Lipinski definition) is 2. The molecule has 0 spiro atoms. The average molecular weight is 414 g/mol. The van der Waals surface area contributed by atoms with Gasteiger partial charge in [-0.2, -0.15) is 0 Å². The maximum absolute atomic E-state index is 14.9. The van der Waals surface area contributed by atoms with Gasteiger partial charge in [0.05, 0.1) is 6.42 Å². The lowest BCUT2D eigenvalue weighted by Crippen LogP contribution is -2.08. The first kappa shape index (κ1) is 20.8. The van der Waals surface area contributed by atoms with Crippen LogP contribution >= 0.6 is 11.6 Å². The van der Waals surface area contributed by atoms with Gasteiger partial charge in [0.25, 0.3) is 0 Å². The monoisotopic (exact) mass is 413 g/mol. The van der Waals surface area contributed by atoms with E-state index in [9.17, 15) is 9.18 Å². The number of ether oxygens (including phenoxy) is 1. The van der Waals surface area contributed by atoms with Crippen molar-refractivity contribution in [3.8, 4) is 16.9 Å². The van der Waals surface area contributed by atoms with Gasteiger partial charge in [0.15, 0.2) is 0 Å². The summed E-state index contributed by atoms with van der Waals surface area (Å²) in [7, 11) is 0. The lowest BCUT2D eigenvalue weighted by atomic mass is 9.98. The summed E-state index contributed by atoms with van der Waals surface area (Å²) in [4.78, 5) is 11.0. The van der Waals surface area contributed by atoms with Crippen LogP contribution in [0.25, 0.3) is 11.1 Å². The Balaban J connectivity index is 1.88. The second-order valence-electron chi connectivity index (χ2n) is 6.77. The molecule has 1 unspecified atom stereocenters. The van der Waals surface area contributed by atoms with Crippen LogP contribution in [0.5, 0.6) is 5.75 Å². The van der Waals surface area contributed by atoms with Gasteiger partial charge in [0.1, 0.15) is 18.2 Å². The molecule has 3 rings (SSSR count). The van der Waals surface area contributed by atoms with Crippen LogP contribution in [0.3, 0.4) is 0 Å². The highest BCUT2D eigenvalue weighted by Gasteiger charge is 2.14. The van der Waals surface area contributed by atoms with Crippen LogP contribution in [0.1, 0.15) is 29.7 Å². The van der Waals surface area contributed by atoms with E-state index in [0.717, 1.165) is 0 Å². The van der Waals surface area contributed by atoms with Crippen molar-refractivity contribution in [1.29, 1.82) is 0 Å². The molecular formula is C23H21ClFNO3. The fourth-order valence-corrected chi connectivity index (χ4v) is 3.26. The molecule has 0 aliphatic carbocycles. The Morgan fingerprint density at radius 3 is 2.62 bits per heavy atom. The minimum absolute atomic E-state index is 0.123. The lowest BCUT2D eigenvalue weighted by Gasteiger charge is -2.14. The smallest absolute Gasteiger partial charge is 0.307 e. The van der Waals surface area contributed by atoms with E-state index in [2.05, 4.69) is 0 Å². The van der Waals surface area contributed by atoms with Gasteiger partial charge in [-0.1, -0.05) is 54.1 Å². The van der Waals surface area contributed by atoms with Gasteiger partial charge < -0.3 is 15.6 Å². The summed E-state index contributed by atoms with van der Waals surface area (Å²) in [5, 5.41) is 9.53. The molecule has 0 aliphatic heterocycles. The van der Waals surface area contributed by atoms with Gasteiger partial charge in [0, 0.05) is 33.3 Å². The van der Waals surface area contributed by atoms with Crippen LogP contribution in [0.2, 0.25) is 5.02 Å². The Kier molecular flexibility index (Phi) is 6.52. The summed E-state index contributed by atoms with van der Waals surface area (Å²) in [6.07, 6.45) is -0.140. The van der Waals surface area contributed by atoms with Gasteiger partial charge in [0.2, 0.25) is 0 Å². The standard InChI is InChI=1S/C23H21ClFNO3/c1-14(26)18-6-4-7-19(23(18)25)15-9-10-20(24)17(11-15)13-29-21-8-3-2-5-16(21)12-22(27)28/h2-11,14H,12-13,26H2,1H3,(H,27,28). The SMILES string of the molecule is CC(N)c1cccc(-c2ccc(Cl)c(COc3ccccc3CC(=O)O)c2)c1F. The number of hydrogen-bond acceptors (Lipinski definition) is 3. The van der Waals surface area contributed by atoms with Crippen molar-refractivity contribution in [2.24, 2.45) is 5.73 Å². The number of para-hydroxylation sites is 1. The molecule has 0 radical (unpaired) electrons. The molecule has 150 valence electrons. The van der Waals surface area contributed by atoms with Crippen molar-refractivity contribution in [3.63, 3.8) is 0 Å². The Hall–Kier alpha value is -2.89. The van der Waals surface area contributed by atoms with Crippen LogP contribution in [0.15, 0.2) is 60.7 Å². The third-order valence-electron chi connectivity index (χ3n) is 4.57. The molecule has 0 aliphatic rings. The van der Waals surface area contributed by atoms with Crippen molar-refractivity contribution in [2.45, 2.75) is 26.0 Å². The van der Waals surface area contributed by atoms with Gasteiger partial charge in [-0.3, -0.25) is 4.79 Å². The zero-order valence-corrected chi connectivity index (χ0v) is 16.6. The van der Waals surface area contributed by atoms with E-state index in [0.29, 0.717) is 38.6 Å². The number of carbonyl (C=O) groups is 1. The molecule has 4 nitrogen and oxygen atoms in total. The number of carboxylic acid groups (broad SMARTS) is 1. The number of rotatable bonds is 7. The first-order valence-corrected chi connectivity index (χ1v) is 9.50. The quantitative estimate of drug-likeness (QED) is 0.546. The Labute approximate surface area is 173 Å². The summed E-state index contributed by atoms with van der Waals surface area (Å²) in [6, 6.07) is 16.9. The van der Waals surface area contributed by atoms with E-state index in [1.807, 2.05) is 0 Å². The first-order valence-electron chi connectivity index (χ1n) is 9.12. The molecule has 3 aromatic rings. The second-order valence-corrected chi connectivity index (χ2v) is 7.18. The van der Waals surface area contributed by atoms with Crippen LogP contribution in [-0.4, -0.2) is 11.1 Å². The molecule has 0 fully saturated rings. The number of aliphatic carboxylic acids is 1. The molecule has 0 saturated carbocycles. The van der Waals surface area contributed by atoms with Crippen molar-refractivity contribution in [2.75, 3.05) is 0 Å². The third kappa shape index (κ3) is 4.94. The molecule has 0 amide bonds. The van der Waals surface area contributed by atoms with Gasteiger partial charge >= 0.3 is 5.97 Å². The molecule has 0 heterocycles. The van der Waals surface area contributed by atoms with Crippen molar-refractivity contribution >= 4 is 17.6 Å². The number of nitrogens with two attached hydrogens (primary N) is 1. The van der Waals surface area contributed by atoms with Crippen LogP contribution < -0.4 is 10.5 Å². The Morgan fingerprint density at radius 1 is 1.14 bits per heavy atom. The Morgan fingerprint density at radius 2 is 1.90 bits per heavy atom. The zero-order chi connectivity index (χ0) is 21.0. The van der Waals surface area contributed by atoms with Crippen molar-refractivity contribution in [3.05, 3.63) is 88.2 Å². The summed E-state index contributed by atoms with van der Waals surface area (Å²) in [5.74, 6) is -0.824. The van der Waals surface area contributed by atoms with E-state index in [4.69, 9.17) is 27.2 Å². The van der Waals surface area contributed by atoms with Crippen LogP contribution in [-0.2, 0) is 17.8 Å². The zero-order valence-electron chi connectivity index (χ0n) is 15.9. The van der Waals surface area contributed by atoms with E-state index in [1.165, 1.54) is 0 Å². The predicted octanol–water partition coefficient (Wildman–Crippen LogP) is 5.37. The maximum Gasteiger partial charge on any atom is 0.307 e. The van der Waals surface area contributed by atoms with Gasteiger partial charge in [-0.15, -0.1) is 0 Å². The average Bonchev–Trinajstić information content (AvgIpc) is 2.68. The molecular weight excluding hydrogens is 393 g/mol. The largest absolute Gasteiger partial charge is 0.489 e. The van der Waals surface area contributed by atoms with E-state index < -0.39 is 12.0 Å². The topological polar surface area (TPSA) is 72.5 Å². The number of carboxylic acids is 1. The van der Waals surface area contributed by atoms with Gasteiger partial charge in [-0.25, -0.2) is 4.39 Å². The summed E-state index contributed by atoms with van der Waals surface area (Å²) >= 11 is 6.31. The molecule has 0 aromatic heterocycles. The van der Waals surface area contributed by atoms with Crippen LogP contribution in [0.4, 0.5) is 4.39 Å². The van der Waals surface area contributed by atoms with E-state index >= 15 is 0 Å². The minimum atomic E-state index is -0.939. The summed E-state index contributed by atoms with van der Waals surface area (Å²) < 4.78 is 20.7. The fourth-order valence-electron chi connectivity index (χ4n) is 3.09. The normalized spacial score (nSPS) is 11.9. The molecule has 6 heteroatoms. The highest BCUT2D eigenvalue weighted by atomic mass is 35.5. The Bertz CT molecular complexity index is 1040. The minimum Gasteiger partial charge on any atom is -0.489 e. The van der Waals surface area contributed by atoms with E-state index in [-0.39, 0.29) is 18.8 Å². The summed E-state index contributed by atoms with van der Waals surface area (Å²) in [5.41, 5.74) is 8.63. The molecule has 0 saturated heterocycles. The van der Waals surface area contributed by atoms with E-state index in [1.54, 1.807) is 67.6 Å². The summed E-state index contributed by atoms with van der Waals surface area (Å²) in [6.45, 7) is 1.86. The lowest BCUT2D eigenvalue weighted by molar-refractivity contribution is -0.136. The molecule has 3 aromatic carbocycles. The van der Waals surface area contributed by atoms with Crippen LogP contribution in [0, 0.1) is 5.82 Å². The maximum atomic E-state index is 14.9. The molecule has 0 bridgehead atoms. The molecule has 29 heavy (non-hydrogen) atoms. The third-order valence-corrected chi connectivity index (χ3v) is 4.94. The number of halogens is 2. The highest BCUT2D eigenvalue weighted by molar-refractivity contribution is 6.31. The first-order chi connectivity index (χ1) is 13.9. The second kappa shape index (κ2) is 9.07. The molecule has 1 atom stereocenters. The highest BCUT2D eigenvalue weighted by Crippen LogP contribution is 2.31. The number of benzene rings is 3. The van der Waals surface area contributed by atoms with Gasteiger partial charge in [-0.05, 0) is 30.7 Å². The predicted molar refractivity (Wildman–Crippen MR) is 112 cm³/mol.